The fraction of sp³-hybridized carbons (Fsp3) is 0.438. The number of benzene rings is 1. The van der Waals surface area contributed by atoms with Gasteiger partial charge in [0.2, 0.25) is 0 Å². The molecule has 21 heavy (non-hydrogen) atoms. The SMILES string of the molecule is Cc1ccc(/C=N\NC(=O)C(=O)NC2CCCCC2)cc1. The Morgan fingerprint density at radius 3 is 2.43 bits per heavy atom. The number of nitrogens with one attached hydrogen (secondary N) is 2. The first kappa shape index (κ1) is 15.2. The van der Waals surface area contributed by atoms with Gasteiger partial charge < -0.3 is 5.32 Å². The van der Waals surface area contributed by atoms with Crippen LogP contribution in [-0.4, -0.2) is 24.1 Å². The van der Waals surface area contributed by atoms with E-state index in [9.17, 15) is 9.59 Å². The molecule has 1 aliphatic rings. The molecule has 0 saturated heterocycles. The highest BCUT2D eigenvalue weighted by molar-refractivity contribution is 6.35. The Labute approximate surface area is 124 Å². The van der Waals surface area contributed by atoms with Crippen LogP contribution in [0.15, 0.2) is 29.4 Å². The van der Waals surface area contributed by atoms with E-state index >= 15 is 0 Å². The van der Waals surface area contributed by atoms with Crippen LogP contribution in [0, 0.1) is 6.92 Å². The van der Waals surface area contributed by atoms with Gasteiger partial charge in [-0.25, -0.2) is 5.43 Å². The van der Waals surface area contributed by atoms with Crippen LogP contribution in [0.3, 0.4) is 0 Å². The van der Waals surface area contributed by atoms with Crippen LogP contribution in [0.4, 0.5) is 0 Å². The molecule has 1 saturated carbocycles. The smallest absolute Gasteiger partial charge is 0.329 e. The Kier molecular flexibility index (Phi) is 5.49. The first-order valence-electron chi connectivity index (χ1n) is 7.36. The molecule has 0 unspecified atom stereocenters. The van der Waals surface area contributed by atoms with Gasteiger partial charge in [0.15, 0.2) is 0 Å². The lowest BCUT2D eigenvalue weighted by molar-refractivity contribution is -0.139. The van der Waals surface area contributed by atoms with Crippen molar-refractivity contribution in [3.05, 3.63) is 35.4 Å². The Balaban J connectivity index is 1.77. The van der Waals surface area contributed by atoms with Crippen LogP contribution in [0.1, 0.15) is 43.2 Å². The normalized spacial score (nSPS) is 15.9. The molecule has 112 valence electrons. The van der Waals surface area contributed by atoms with Crippen molar-refractivity contribution in [2.24, 2.45) is 5.10 Å². The lowest BCUT2D eigenvalue weighted by atomic mass is 9.95. The largest absolute Gasteiger partial charge is 0.345 e. The molecule has 0 heterocycles. The zero-order valence-corrected chi connectivity index (χ0v) is 12.3. The van der Waals surface area contributed by atoms with Crippen LogP contribution < -0.4 is 10.7 Å². The summed E-state index contributed by atoms with van der Waals surface area (Å²) in [5, 5.41) is 6.55. The number of carbonyl (C=O) groups excluding carboxylic acids is 2. The Morgan fingerprint density at radius 1 is 1.10 bits per heavy atom. The van der Waals surface area contributed by atoms with Crippen LogP contribution in [0.2, 0.25) is 0 Å². The minimum Gasteiger partial charge on any atom is -0.345 e. The van der Waals surface area contributed by atoms with E-state index in [1.54, 1.807) is 0 Å². The summed E-state index contributed by atoms with van der Waals surface area (Å²) in [6.07, 6.45) is 6.85. The molecule has 1 aromatic rings. The van der Waals surface area contributed by atoms with Gasteiger partial charge in [0.1, 0.15) is 0 Å². The number of amides is 2. The number of nitrogens with zero attached hydrogens (tertiary/aromatic N) is 1. The molecule has 2 rings (SSSR count). The summed E-state index contributed by atoms with van der Waals surface area (Å²) < 4.78 is 0. The van der Waals surface area contributed by atoms with Crippen molar-refractivity contribution in [2.45, 2.75) is 45.1 Å². The van der Waals surface area contributed by atoms with Crippen molar-refractivity contribution in [3.63, 3.8) is 0 Å². The predicted octanol–water partition coefficient (Wildman–Crippen LogP) is 1.89. The third-order valence-electron chi connectivity index (χ3n) is 3.60. The molecule has 5 heteroatoms. The van der Waals surface area contributed by atoms with Gasteiger partial charge in [0.25, 0.3) is 0 Å². The van der Waals surface area contributed by atoms with Gasteiger partial charge >= 0.3 is 11.8 Å². The summed E-state index contributed by atoms with van der Waals surface area (Å²) in [5.41, 5.74) is 4.28. The van der Waals surface area contributed by atoms with Gasteiger partial charge in [-0.05, 0) is 25.3 Å². The Hall–Kier alpha value is -2.17. The molecule has 1 aromatic carbocycles. The van der Waals surface area contributed by atoms with Gasteiger partial charge in [0, 0.05) is 6.04 Å². The van der Waals surface area contributed by atoms with Crippen LogP contribution in [-0.2, 0) is 9.59 Å². The van der Waals surface area contributed by atoms with E-state index < -0.39 is 11.8 Å². The topological polar surface area (TPSA) is 70.6 Å². The van der Waals surface area contributed by atoms with E-state index in [4.69, 9.17) is 0 Å². The minimum atomic E-state index is -0.719. The van der Waals surface area contributed by atoms with Gasteiger partial charge in [-0.3, -0.25) is 9.59 Å². The fourth-order valence-electron chi connectivity index (χ4n) is 2.37. The number of carbonyl (C=O) groups is 2. The fourth-order valence-corrected chi connectivity index (χ4v) is 2.37. The van der Waals surface area contributed by atoms with Gasteiger partial charge in [0.05, 0.1) is 6.21 Å². The number of rotatable bonds is 3. The summed E-state index contributed by atoms with van der Waals surface area (Å²) in [7, 11) is 0. The second-order valence-corrected chi connectivity index (χ2v) is 5.42. The lowest BCUT2D eigenvalue weighted by Gasteiger charge is -2.22. The van der Waals surface area contributed by atoms with Gasteiger partial charge in [-0.1, -0.05) is 49.1 Å². The maximum absolute atomic E-state index is 11.7. The Bertz CT molecular complexity index is 517. The van der Waals surface area contributed by atoms with Crippen molar-refractivity contribution < 1.29 is 9.59 Å². The predicted molar refractivity (Wildman–Crippen MR) is 81.9 cm³/mol. The number of hydrazone groups is 1. The average Bonchev–Trinajstić information content (AvgIpc) is 2.50. The quantitative estimate of drug-likeness (QED) is 0.506. The highest BCUT2D eigenvalue weighted by Gasteiger charge is 2.19. The zero-order valence-electron chi connectivity index (χ0n) is 12.3. The summed E-state index contributed by atoms with van der Waals surface area (Å²) in [4.78, 5) is 23.3. The van der Waals surface area contributed by atoms with Crippen molar-refractivity contribution >= 4 is 18.0 Å². The molecular formula is C16H21N3O2. The second kappa shape index (κ2) is 7.57. The second-order valence-electron chi connectivity index (χ2n) is 5.42. The Morgan fingerprint density at radius 2 is 1.76 bits per heavy atom. The maximum atomic E-state index is 11.7. The number of hydrogen-bond donors (Lipinski definition) is 2. The summed E-state index contributed by atoms with van der Waals surface area (Å²) in [5.74, 6) is -1.33. The van der Waals surface area contributed by atoms with Crippen LogP contribution >= 0.6 is 0 Å². The van der Waals surface area contributed by atoms with E-state index in [2.05, 4.69) is 15.8 Å². The third-order valence-corrected chi connectivity index (χ3v) is 3.60. The van der Waals surface area contributed by atoms with Crippen molar-refractivity contribution in [1.82, 2.24) is 10.7 Å². The van der Waals surface area contributed by atoms with Crippen LogP contribution in [0.5, 0.6) is 0 Å². The number of hydrogen-bond acceptors (Lipinski definition) is 3. The first-order chi connectivity index (χ1) is 10.1. The molecule has 2 N–H and O–H groups in total. The first-order valence-corrected chi connectivity index (χ1v) is 7.36. The molecule has 0 atom stereocenters. The highest BCUT2D eigenvalue weighted by Crippen LogP contribution is 2.17. The highest BCUT2D eigenvalue weighted by atomic mass is 16.2. The molecule has 0 bridgehead atoms. The number of aryl methyl sites for hydroxylation is 1. The van der Waals surface area contributed by atoms with E-state index in [0.717, 1.165) is 36.8 Å². The molecule has 0 spiro atoms. The molecule has 0 aromatic heterocycles. The van der Waals surface area contributed by atoms with Crippen molar-refractivity contribution in [3.8, 4) is 0 Å². The average molecular weight is 287 g/mol. The lowest BCUT2D eigenvalue weighted by Crippen LogP contribution is -2.44. The third kappa shape index (κ3) is 5.02. The summed E-state index contributed by atoms with van der Waals surface area (Å²) >= 11 is 0. The maximum Gasteiger partial charge on any atom is 0.329 e. The monoisotopic (exact) mass is 287 g/mol. The van der Waals surface area contributed by atoms with Gasteiger partial charge in [-0.15, -0.1) is 0 Å². The van der Waals surface area contributed by atoms with Crippen molar-refractivity contribution in [2.75, 3.05) is 0 Å². The van der Waals surface area contributed by atoms with Crippen molar-refractivity contribution in [1.29, 1.82) is 0 Å². The molecule has 1 aliphatic carbocycles. The zero-order chi connectivity index (χ0) is 15.1. The van der Waals surface area contributed by atoms with Crippen LogP contribution in [0.25, 0.3) is 0 Å². The van der Waals surface area contributed by atoms with E-state index in [1.165, 1.54) is 12.6 Å². The van der Waals surface area contributed by atoms with E-state index in [-0.39, 0.29) is 6.04 Å². The molecule has 0 aliphatic heterocycles. The summed E-state index contributed by atoms with van der Waals surface area (Å²) in [6.45, 7) is 2.00. The minimum absolute atomic E-state index is 0.123. The molecule has 5 nitrogen and oxygen atoms in total. The molecule has 0 radical (unpaired) electrons. The molecular weight excluding hydrogens is 266 g/mol. The standard InChI is InChI=1S/C16H21N3O2/c1-12-7-9-13(10-8-12)11-17-19-16(21)15(20)18-14-5-3-2-4-6-14/h7-11,14H,2-6H2,1H3,(H,18,20)(H,19,21)/b17-11-. The van der Waals surface area contributed by atoms with Gasteiger partial charge in [-0.2, -0.15) is 5.10 Å². The van der Waals surface area contributed by atoms with E-state index in [1.807, 2.05) is 31.2 Å². The molecule has 1 fully saturated rings. The molecule has 2 amide bonds. The summed E-state index contributed by atoms with van der Waals surface area (Å²) in [6, 6.07) is 7.83. The van der Waals surface area contributed by atoms with E-state index in [0.29, 0.717) is 0 Å².